The Morgan fingerprint density at radius 1 is 1.16 bits per heavy atom. The molecule has 0 radical (unpaired) electrons. The molecular weight excluding hydrogens is 403 g/mol. The second-order valence-corrected chi connectivity index (χ2v) is 7.54. The Hall–Kier alpha value is -3.31. The highest BCUT2D eigenvalue weighted by atomic mass is 16.6. The number of carbonyl (C=O) groups is 2. The van der Waals surface area contributed by atoms with Gasteiger partial charge < -0.3 is 20.7 Å². The van der Waals surface area contributed by atoms with Gasteiger partial charge in [-0.3, -0.25) is 24.7 Å². The van der Waals surface area contributed by atoms with Gasteiger partial charge >= 0.3 is 7.12 Å². The zero-order chi connectivity index (χ0) is 23.0. The van der Waals surface area contributed by atoms with Crippen molar-refractivity contribution in [3.05, 3.63) is 70.0 Å². The van der Waals surface area contributed by atoms with E-state index >= 15 is 0 Å². The number of hydrogen-bond acceptors (Lipinski definition) is 7. The summed E-state index contributed by atoms with van der Waals surface area (Å²) in [5, 5.41) is 35.3. The molecule has 0 aliphatic rings. The van der Waals surface area contributed by atoms with Gasteiger partial charge in [0.1, 0.15) is 0 Å². The van der Waals surface area contributed by atoms with Crippen LogP contribution >= 0.6 is 0 Å². The Morgan fingerprint density at radius 3 is 2.35 bits per heavy atom. The predicted octanol–water partition coefficient (Wildman–Crippen LogP) is 1.39. The average molecular weight is 428 g/mol. The zero-order valence-corrected chi connectivity index (χ0v) is 17.3. The molecule has 164 valence electrons. The van der Waals surface area contributed by atoms with Crippen molar-refractivity contribution in [1.82, 2.24) is 15.6 Å². The van der Waals surface area contributed by atoms with Crippen molar-refractivity contribution in [3.63, 3.8) is 0 Å². The van der Waals surface area contributed by atoms with E-state index in [0.717, 1.165) is 0 Å². The molecule has 0 spiro atoms. The van der Waals surface area contributed by atoms with Gasteiger partial charge in [0, 0.05) is 24.5 Å². The van der Waals surface area contributed by atoms with Crippen molar-refractivity contribution in [3.8, 4) is 0 Å². The van der Waals surface area contributed by atoms with Crippen LogP contribution in [0, 0.1) is 16.0 Å². The molecule has 0 bridgehead atoms. The van der Waals surface area contributed by atoms with E-state index < -0.39 is 35.8 Å². The average Bonchev–Trinajstić information content (AvgIpc) is 2.73. The number of nitrogens with zero attached hydrogens (tertiary/aromatic N) is 2. The zero-order valence-electron chi connectivity index (χ0n) is 17.3. The molecule has 31 heavy (non-hydrogen) atoms. The number of amides is 2. The summed E-state index contributed by atoms with van der Waals surface area (Å²) >= 11 is 0. The standard InChI is InChI=1S/C20H25BN4O6/c1-13(2)10-18(21(28)29)24-19(26)11-17(14-5-7-16(8-6-14)25(30)31)23-20(27)15-4-3-9-22-12-15/h3-9,12-13,17-18,28-29H,10-11H2,1-2H3,(H,23,27)(H,24,26)/t17?,18-/m0/s1. The summed E-state index contributed by atoms with van der Waals surface area (Å²) in [4.78, 5) is 39.5. The van der Waals surface area contributed by atoms with Crippen LogP contribution in [-0.2, 0) is 4.79 Å². The molecule has 0 saturated carbocycles. The Bertz CT molecular complexity index is 892. The Balaban J connectivity index is 2.21. The molecule has 2 amide bonds. The van der Waals surface area contributed by atoms with Crippen LogP contribution in [0.1, 0.15) is 48.7 Å². The summed E-state index contributed by atoms with van der Waals surface area (Å²) in [6.45, 7) is 3.77. The summed E-state index contributed by atoms with van der Waals surface area (Å²) in [5.41, 5.74) is 0.659. The van der Waals surface area contributed by atoms with Gasteiger partial charge in [-0.1, -0.05) is 26.0 Å². The minimum absolute atomic E-state index is 0.114. The SMILES string of the molecule is CC(C)C[C@H](NC(=O)CC(NC(=O)c1cccnc1)c1ccc([N+](=O)[O-])cc1)B(O)O. The summed E-state index contributed by atoms with van der Waals surface area (Å²) < 4.78 is 0. The molecule has 2 rings (SSSR count). The second kappa shape index (κ2) is 11.2. The van der Waals surface area contributed by atoms with Crippen molar-refractivity contribution in [1.29, 1.82) is 0 Å². The molecule has 0 saturated heterocycles. The summed E-state index contributed by atoms with van der Waals surface area (Å²) in [7, 11) is -1.73. The normalized spacial score (nSPS) is 12.7. The summed E-state index contributed by atoms with van der Waals surface area (Å²) in [6, 6.07) is 7.87. The predicted molar refractivity (Wildman–Crippen MR) is 114 cm³/mol. The van der Waals surface area contributed by atoms with Crippen LogP contribution in [0.3, 0.4) is 0 Å². The van der Waals surface area contributed by atoms with Crippen LogP contribution < -0.4 is 10.6 Å². The lowest BCUT2D eigenvalue weighted by molar-refractivity contribution is -0.384. The minimum atomic E-state index is -1.73. The van der Waals surface area contributed by atoms with Crippen LogP contribution in [-0.4, -0.2) is 44.8 Å². The fourth-order valence-corrected chi connectivity index (χ4v) is 3.03. The Kier molecular flexibility index (Phi) is 8.65. The highest BCUT2D eigenvalue weighted by Gasteiger charge is 2.28. The monoisotopic (exact) mass is 428 g/mol. The van der Waals surface area contributed by atoms with Gasteiger partial charge in [-0.05, 0) is 30.0 Å². The van der Waals surface area contributed by atoms with Gasteiger partial charge in [0.15, 0.2) is 0 Å². The first kappa shape index (κ1) is 24.0. The number of benzene rings is 1. The number of rotatable bonds is 10. The number of nitro benzene ring substituents is 1. The molecule has 1 heterocycles. The maximum Gasteiger partial charge on any atom is 0.475 e. The summed E-state index contributed by atoms with van der Waals surface area (Å²) in [6.07, 6.45) is 3.05. The maximum atomic E-state index is 12.6. The maximum absolute atomic E-state index is 12.6. The van der Waals surface area contributed by atoms with Crippen LogP contribution in [0.2, 0.25) is 0 Å². The van der Waals surface area contributed by atoms with Crippen molar-refractivity contribution in [2.24, 2.45) is 5.92 Å². The van der Waals surface area contributed by atoms with Gasteiger partial charge in [0.2, 0.25) is 5.91 Å². The molecule has 11 heteroatoms. The number of hydrogen-bond donors (Lipinski definition) is 4. The number of carbonyl (C=O) groups excluding carboxylic acids is 2. The Labute approximate surface area is 180 Å². The lowest BCUT2D eigenvalue weighted by Gasteiger charge is -2.23. The molecule has 2 aromatic rings. The molecule has 1 aromatic heterocycles. The van der Waals surface area contributed by atoms with Gasteiger partial charge in [-0.2, -0.15) is 0 Å². The highest BCUT2D eigenvalue weighted by Crippen LogP contribution is 2.21. The molecule has 4 N–H and O–H groups in total. The Morgan fingerprint density at radius 2 is 1.84 bits per heavy atom. The number of non-ortho nitro benzene ring substituents is 1. The van der Waals surface area contributed by atoms with Crippen molar-refractivity contribution < 1.29 is 24.6 Å². The lowest BCUT2D eigenvalue weighted by atomic mass is 9.75. The van der Waals surface area contributed by atoms with Gasteiger partial charge in [0.25, 0.3) is 11.6 Å². The van der Waals surface area contributed by atoms with E-state index in [0.29, 0.717) is 17.5 Å². The van der Waals surface area contributed by atoms with Gasteiger partial charge in [0.05, 0.1) is 28.9 Å². The highest BCUT2D eigenvalue weighted by molar-refractivity contribution is 6.43. The van der Waals surface area contributed by atoms with E-state index in [2.05, 4.69) is 15.6 Å². The lowest BCUT2D eigenvalue weighted by Crippen LogP contribution is -2.48. The van der Waals surface area contributed by atoms with Crippen LogP contribution in [0.25, 0.3) is 0 Å². The van der Waals surface area contributed by atoms with Crippen molar-refractivity contribution in [2.45, 2.75) is 38.7 Å². The smallest absolute Gasteiger partial charge is 0.426 e. The molecule has 2 atom stereocenters. The topological polar surface area (TPSA) is 155 Å². The summed E-state index contributed by atoms with van der Waals surface area (Å²) in [5.74, 6) is -1.72. The number of pyridine rings is 1. The van der Waals surface area contributed by atoms with Crippen molar-refractivity contribution in [2.75, 3.05) is 0 Å². The first-order chi connectivity index (χ1) is 14.7. The van der Waals surface area contributed by atoms with E-state index in [9.17, 15) is 29.8 Å². The quantitative estimate of drug-likeness (QED) is 0.253. The third-order valence-corrected chi connectivity index (χ3v) is 4.56. The first-order valence-electron chi connectivity index (χ1n) is 9.78. The number of nitrogens with one attached hydrogen (secondary N) is 2. The third-order valence-electron chi connectivity index (χ3n) is 4.56. The van der Waals surface area contributed by atoms with E-state index in [4.69, 9.17) is 0 Å². The second-order valence-electron chi connectivity index (χ2n) is 7.54. The van der Waals surface area contributed by atoms with E-state index in [1.807, 2.05) is 13.8 Å². The van der Waals surface area contributed by atoms with Crippen LogP contribution in [0.5, 0.6) is 0 Å². The molecule has 0 aliphatic heterocycles. The van der Waals surface area contributed by atoms with E-state index in [1.165, 1.54) is 36.7 Å². The molecule has 0 aliphatic carbocycles. The fraction of sp³-hybridized carbons (Fsp3) is 0.350. The molecular formula is C20H25BN4O6. The fourth-order valence-electron chi connectivity index (χ4n) is 3.03. The molecule has 10 nitrogen and oxygen atoms in total. The van der Waals surface area contributed by atoms with Crippen molar-refractivity contribution >= 4 is 24.6 Å². The molecule has 1 unspecified atom stereocenters. The minimum Gasteiger partial charge on any atom is -0.426 e. The van der Waals surface area contributed by atoms with E-state index in [-0.39, 0.29) is 18.0 Å². The molecule has 1 aromatic carbocycles. The van der Waals surface area contributed by atoms with Crippen LogP contribution in [0.4, 0.5) is 5.69 Å². The number of aromatic nitrogens is 1. The van der Waals surface area contributed by atoms with E-state index in [1.54, 1.807) is 12.1 Å². The largest absolute Gasteiger partial charge is 0.475 e. The van der Waals surface area contributed by atoms with Crippen LogP contribution in [0.15, 0.2) is 48.8 Å². The van der Waals surface area contributed by atoms with Gasteiger partial charge in [-0.15, -0.1) is 0 Å². The number of nitro groups is 1. The molecule has 0 fully saturated rings. The van der Waals surface area contributed by atoms with Gasteiger partial charge in [-0.25, -0.2) is 0 Å². The first-order valence-corrected chi connectivity index (χ1v) is 9.78. The third kappa shape index (κ3) is 7.47.